The van der Waals surface area contributed by atoms with Gasteiger partial charge in [-0.1, -0.05) is 6.92 Å². The van der Waals surface area contributed by atoms with Crippen LogP contribution in [0.1, 0.15) is 26.7 Å². The standard InChI is InChI=1S/C8H14O4/c1-4-5-7(9)12-6(2)8(10)11-3/h6H,4-5H2,1-3H3/t6-/m1/s1. The van der Waals surface area contributed by atoms with Crippen molar-refractivity contribution in [3.8, 4) is 0 Å². The second kappa shape index (κ2) is 5.57. The van der Waals surface area contributed by atoms with E-state index in [1.165, 1.54) is 14.0 Å². The van der Waals surface area contributed by atoms with E-state index in [1.54, 1.807) is 0 Å². The van der Waals surface area contributed by atoms with Crippen LogP contribution in [-0.2, 0) is 19.1 Å². The molecule has 0 aliphatic rings. The molecule has 0 aliphatic heterocycles. The van der Waals surface area contributed by atoms with Gasteiger partial charge in [-0.25, -0.2) is 4.79 Å². The molecule has 0 spiro atoms. The van der Waals surface area contributed by atoms with Crippen LogP contribution in [0.5, 0.6) is 0 Å². The van der Waals surface area contributed by atoms with Gasteiger partial charge in [0, 0.05) is 6.42 Å². The van der Waals surface area contributed by atoms with E-state index >= 15 is 0 Å². The fourth-order valence-electron chi connectivity index (χ4n) is 0.674. The third kappa shape index (κ3) is 3.95. The number of methoxy groups -OCH3 is 1. The van der Waals surface area contributed by atoms with Gasteiger partial charge in [0.1, 0.15) is 0 Å². The molecule has 0 N–H and O–H groups in total. The van der Waals surface area contributed by atoms with Crippen LogP contribution in [0.4, 0.5) is 0 Å². The molecule has 12 heavy (non-hydrogen) atoms. The van der Waals surface area contributed by atoms with E-state index in [0.29, 0.717) is 12.8 Å². The van der Waals surface area contributed by atoms with Crippen molar-refractivity contribution < 1.29 is 19.1 Å². The molecule has 0 fully saturated rings. The van der Waals surface area contributed by atoms with E-state index in [1.807, 2.05) is 6.92 Å². The lowest BCUT2D eigenvalue weighted by Gasteiger charge is -2.09. The van der Waals surface area contributed by atoms with E-state index in [2.05, 4.69) is 4.74 Å². The third-order valence-electron chi connectivity index (χ3n) is 1.30. The van der Waals surface area contributed by atoms with Crippen molar-refractivity contribution in [2.75, 3.05) is 7.11 Å². The molecule has 0 aliphatic carbocycles. The molecule has 4 heteroatoms. The Morgan fingerprint density at radius 2 is 2.00 bits per heavy atom. The van der Waals surface area contributed by atoms with E-state index in [9.17, 15) is 9.59 Å². The van der Waals surface area contributed by atoms with E-state index in [0.717, 1.165) is 0 Å². The molecule has 0 amide bonds. The molecule has 0 radical (unpaired) electrons. The molecule has 0 heterocycles. The Morgan fingerprint density at radius 1 is 1.42 bits per heavy atom. The molecule has 0 rings (SSSR count). The molecule has 0 unspecified atom stereocenters. The van der Waals surface area contributed by atoms with E-state index < -0.39 is 12.1 Å². The van der Waals surface area contributed by atoms with Crippen molar-refractivity contribution in [2.24, 2.45) is 0 Å². The van der Waals surface area contributed by atoms with Crippen LogP contribution in [-0.4, -0.2) is 25.2 Å². The lowest BCUT2D eigenvalue weighted by Crippen LogP contribution is -2.25. The third-order valence-corrected chi connectivity index (χ3v) is 1.30. The van der Waals surface area contributed by atoms with Gasteiger partial charge in [-0.15, -0.1) is 0 Å². The van der Waals surface area contributed by atoms with Crippen LogP contribution in [0.15, 0.2) is 0 Å². The summed E-state index contributed by atoms with van der Waals surface area (Å²) in [5.74, 6) is -0.894. The van der Waals surface area contributed by atoms with Gasteiger partial charge in [-0.3, -0.25) is 4.79 Å². The molecule has 0 saturated heterocycles. The summed E-state index contributed by atoms with van der Waals surface area (Å²) in [4.78, 5) is 21.6. The predicted molar refractivity (Wildman–Crippen MR) is 42.5 cm³/mol. The van der Waals surface area contributed by atoms with Gasteiger partial charge in [-0.2, -0.15) is 0 Å². The SMILES string of the molecule is CCCC(=O)O[C@H](C)C(=O)OC. The smallest absolute Gasteiger partial charge is 0.346 e. The Labute approximate surface area is 71.8 Å². The first-order valence-electron chi connectivity index (χ1n) is 3.89. The Bertz CT molecular complexity index is 164. The van der Waals surface area contributed by atoms with Gasteiger partial charge >= 0.3 is 11.9 Å². The van der Waals surface area contributed by atoms with Crippen molar-refractivity contribution in [1.82, 2.24) is 0 Å². The second-order valence-corrected chi connectivity index (χ2v) is 2.41. The van der Waals surface area contributed by atoms with Crippen molar-refractivity contribution in [3.05, 3.63) is 0 Å². The zero-order valence-electron chi connectivity index (χ0n) is 7.62. The van der Waals surface area contributed by atoms with Gasteiger partial charge in [0.25, 0.3) is 0 Å². The molecule has 0 aromatic rings. The minimum Gasteiger partial charge on any atom is -0.466 e. The lowest BCUT2D eigenvalue weighted by atomic mass is 10.3. The zero-order chi connectivity index (χ0) is 9.56. The molecule has 1 atom stereocenters. The Morgan fingerprint density at radius 3 is 2.42 bits per heavy atom. The number of carbonyl (C=O) groups excluding carboxylic acids is 2. The zero-order valence-corrected chi connectivity index (χ0v) is 7.62. The van der Waals surface area contributed by atoms with Crippen molar-refractivity contribution in [2.45, 2.75) is 32.8 Å². The number of ether oxygens (including phenoxy) is 2. The number of rotatable bonds is 4. The highest BCUT2D eigenvalue weighted by molar-refractivity contribution is 5.78. The first kappa shape index (κ1) is 10.9. The molecule has 0 aromatic carbocycles. The predicted octanol–water partition coefficient (Wildman–Crippen LogP) is 0.891. The minimum absolute atomic E-state index is 0.335. The number of carbonyl (C=O) groups is 2. The summed E-state index contributed by atoms with van der Waals surface area (Å²) in [5.41, 5.74) is 0. The van der Waals surface area contributed by atoms with Gasteiger partial charge in [-0.05, 0) is 13.3 Å². The number of hydrogen-bond acceptors (Lipinski definition) is 4. The Kier molecular flexibility index (Phi) is 5.08. The molecule has 0 aromatic heterocycles. The number of esters is 2. The summed E-state index contributed by atoms with van der Waals surface area (Å²) in [5, 5.41) is 0. The quantitative estimate of drug-likeness (QED) is 0.594. The topological polar surface area (TPSA) is 52.6 Å². The Hall–Kier alpha value is -1.06. The maximum Gasteiger partial charge on any atom is 0.346 e. The summed E-state index contributed by atoms with van der Waals surface area (Å²) >= 11 is 0. The van der Waals surface area contributed by atoms with Crippen LogP contribution < -0.4 is 0 Å². The maximum atomic E-state index is 10.8. The molecular formula is C8H14O4. The van der Waals surface area contributed by atoms with Crippen LogP contribution in [0.2, 0.25) is 0 Å². The second-order valence-electron chi connectivity index (χ2n) is 2.41. The van der Waals surface area contributed by atoms with Gasteiger partial charge in [0.05, 0.1) is 7.11 Å². The molecular weight excluding hydrogens is 160 g/mol. The molecule has 0 bridgehead atoms. The normalized spacial score (nSPS) is 11.9. The monoisotopic (exact) mass is 174 g/mol. The van der Waals surface area contributed by atoms with Crippen LogP contribution >= 0.6 is 0 Å². The van der Waals surface area contributed by atoms with Crippen LogP contribution in [0.3, 0.4) is 0 Å². The average Bonchev–Trinajstić information content (AvgIpc) is 2.03. The van der Waals surface area contributed by atoms with Gasteiger partial charge in [0.2, 0.25) is 0 Å². The first-order valence-corrected chi connectivity index (χ1v) is 3.89. The summed E-state index contributed by atoms with van der Waals surface area (Å²) in [6, 6.07) is 0. The largest absolute Gasteiger partial charge is 0.466 e. The Balaban J connectivity index is 3.75. The lowest BCUT2D eigenvalue weighted by molar-refractivity contribution is -0.164. The fraction of sp³-hybridized carbons (Fsp3) is 0.750. The summed E-state index contributed by atoms with van der Waals surface area (Å²) in [7, 11) is 1.26. The highest BCUT2D eigenvalue weighted by atomic mass is 16.6. The summed E-state index contributed by atoms with van der Waals surface area (Å²) in [6.07, 6.45) is 0.252. The van der Waals surface area contributed by atoms with Gasteiger partial charge < -0.3 is 9.47 Å². The summed E-state index contributed by atoms with van der Waals surface area (Å²) in [6.45, 7) is 3.35. The molecule has 0 saturated carbocycles. The van der Waals surface area contributed by atoms with E-state index in [-0.39, 0.29) is 5.97 Å². The van der Waals surface area contributed by atoms with Crippen molar-refractivity contribution >= 4 is 11.9 Å². The minimum atomic E-state index is -0.797. The maximum absolute atomic E-state index is 10.8. The van der Waals surface area contributed by atoms with Crippen LogP contribution in [0.25, 0.3) is 0 Å². The molecule has 70 valence electrons. The van der Waals surface area contributed by atoms with Crippen molar-refractivity contribution in [1.29, 1.82) is 0 Å². The first-order chi connectivity index (χ1) is 5.61. The molecule has 4 nitrogen and oxygen atoms in total. The average molecular weight is 174 g/mol. The highest BCUT2D eigenvalue weighted by Gasteiger charge is 2.16. The highest BCUT2D eigenvalue weighted by Crippen LogP contribution is 1.98. The van der Waals surface area contributed by atoms with Crippen LogP contribution in [0, 0.1) is 0 Å². The summed E-state index contributed by atoms with van der Waals surface area (Å²) < 4.78 is 9.10. The van der Waals surface area contributed by atoms with Gasteiger partial charge in [0.15, 0.2) is 6.10 Å². The number of hydrogen-bond donors (Lipinski definition) is 0. The van der Waals surface area contributed by atoms with E-state index in [4.69, 9.17) is 4.74 Å². The fourth-order valence-corrected chi connectivity index (χ4v) is 0.674. The van der Waals surface area contributed by atoms with Crippen molar-refractivity contribution in [3.63, 3.8) is 0 Å².